The van der Waals surface area contributed by atoms with E-state index in [1.54, 1.807) is 4.68 Å². The van der Waals surface area contributed by atoms with Gasteiger partial charge in [0, 0.05) is 12.2 Å². The van der Waals surface area contributed by atoms with Gasteiger partial charge in [-0.05, 0) is 38.3 Å². The molecule has 2 aromatic heterocycles. The molecule has 5 heteroatoms. The Balaban J connectivity index is 2.19. The molecule has 0 aliphatic carbocycles. The van der Waals surface area contributed by atoms with E-state index < -0.39 is 0 Å². The second-order valence-corrected chi connectivity index (χ2v) is 4.52. The topological polar surface area (TPSA) is 69.6 Å². The summed E-state index contributed by atoms with van der Waals surface area (Å²) in [6, 6.07) is 4.21. The van der Waals surface area contributed by atoms with Crippen LogP contribution in [0.1, 0.15) is 30.6 Å². The van der Waals surface area contributed by atoms with Crippen molar-refractivity contribution in [3.05, 3.63) is 35.5 Å². The summed E-state index contributed by atoms with van der Waals surface area (Å²) in [4.78, 5) is 8.68. The van der Waals surface area contributed by atoms with Gasteiger partial charge in [0.05, 0.1) is 0 Å². The Morgan fingerprint density at radius 2 is 2.11 bits per heavy atom. The lowest BCUT2D eigenvalue weighted by Crippen LogP contribution is -2.21. The highest BCUT2D eigenvalue weighted by molar-refractivity contribution is 5.26. The zero-order chi connectivity index (χ0) is 13.1. The molecule has 0 saturated carbocycles. The third-order valence-electron chi connectivity index (χ3n) is 2.92. The molecular weight excluding hydrogens is 226 g/mol. The number of pyridine rings is 1. The maximum atomic E-state index is 5.93. The second-order valence-electron chi connectivity index (χ2n) is 4.52. The molecule has 18 heavy (non-hydrogen) atoms. The molecule has 2 aromatic rings. The van der Waals surface area contributed by atoms with Gasteiger partial charge < -0.3 is 5.73 Å². The molecule has 0 aliphatic rings. The minimum Gasteiger partial charge on any atom is -0.327 e. The Kier molecular flexibility index (Phi) is 3.72. The fraction of sp³-hybridized carbons (Fsp3) is 0.462. The number of aromatic nitrogens is 4. The summed E-state index contributed by atoms with van der Waals surface area (Å²) < 4.78 is 1.75. The van der Waals surface area contributed by atoms with Gasteiger partial charge in [-0.15, -0.1) is 5.10 Å². The number of rotatable bonds is 4. The van der Waals surface area contributed by atoms with Crippen LogP contribution < -0.4 is 5.73 Å². The number of hydrogen-bond donors (Lipinski definition) is 1. The zero-order valence-corrected chi connectivity index (χ0v) is 11.1. The van der Waals surface area contributed by atoms with Crippen molar-refractivity contribution in [3.8, 4) is 5.82 Å². The van der Waals surface area contributed by atoms with Gasteiger partial charge in [-0.1, -0.05) is 13.0 Å². The van der Waals surface area contributed by atoms with Crippen LogP contribution in [0, 0.1) is 13.8 Å². The molecule has 0 fully saturated rings. The van der Waals surface area contributed by atoms with Crippen LogP contribution in [-0.4, -0.2) is 25.8 Å². The average Bonchev–Trinajstić information content (AvgIpc) is 2.69. The number of hydrogen-bond acceptors (Lipinski definition) is 4. The standard InChI is InChI=1S/C13H19N5/c1-4-12(14)7-11-5-6-13(15-8-11)18-10(3)16-9(2)17-18/h5-6,8,12H,4,7,14H2,1-3H3. The fourth-order valence-corrected chi connectivity index (χ4v) is 1.85. The first-order valence-corrected chi connectivity index (χ1v) is 6.21. The fourth-order valence-electron chi connectivity index (χ4n) is 1.85. The summed E-state index contributed by atoms with van der Waals surface area (Å²) >= 11 is 0. The molecule has 0 bridgehead atoms. The van der Waals surface area contributed by atoms with Crippen LogP contribution in [0.5, 0.6) is 0 Å². The average molecular weight is 245 g/mol. The second kappa shape index (κ2) is 5.27. The number of nitrogens with two attached hydrogens (primary N) is 1. The maximum Gasteiger partial charge on any atom is 0.155 e. The van der Waals surface area contributed by atoms with E-state index in [9.17, 15) is 0 Å². The lowest BCUT2D eigenvalue weighted by Gasteiger charge is -2.08. The minimum atomic E-state index is 0.202. The van der Waals surface area contributed by atoms with Crippen molar-refractivity contribution in [1.29, 1.82) is 0 Å². The summed E-state index contributed by atoms with van der Waals surface area (Å²) in [5, 5.41) is 4.31. The molecule has 1 atom stereocenters. The number of nitrogens with zero attached hydrogens (tertiary/aromatic N) is 4. The van der Waals surface area contributed by atoms with Crippen LogP contribution in [0.15, 0.2) is 18.3 Å². The molecule has 5 nitrogen and oxygen atoms in total. The summed E-state index contributed by atoms with van der Waals surface area (Å²) in [7, 11) is 0. The molecule has 0 amide bonds. The first-order valence-electron chi connectivity index (χ1n) is 6.21. The zero-order valence-electron chi connectivity index (χ0n) is 11.1. The van der Waals surface area contributed by atoms with Crippen LogP contribution in [0.4, 0.5) is 0 Å². The van der Waals surface area contributed by atoms with E-state index in [1.165, 1.54) is 0 Å². The first-order chi connectivity index (χ1) is 8.60. The molecule has 1 unspecified atom stereocenters. The Labute approximate surface area is 107 Å². The van der Waals surface area contributed by atoms with Gasteiger partial charge in [-0.2, -0.15) is 4.68 Å². The Bertz CT molecular complexity index is 515. The Morgan fingerprint density at radius 1 is 1.33 bits per heavy atom. The lowest BCUT2D eigenvalue weighted by atomic mass is 10.1. The van der Waals surface area contributed by atoms with Gasteiger partial charge in [0.1, 0.15) is 11.6 Å². The van der Waals surface area contributed by atoms with Gasteiger partial charge in [0.15, 0.2) is 5.82 Å². The van der Waals surface area contributed by atoms with E-state index in [-0.39, 0.29) is 6.04 Å². The van der Waals surface area contributed by atoms with Crippen molar-refractivity contribution < 1.29 is 0 Å². The minimum absolute atomic E-state index is 0.202. The third-order valence-corrected chi connectivity index (χ3v) is 2.92. The van der Waals surface area contributed by atoms with E-state index in [1.807, 2.05) is 32.2 Å². The summed E-state index contributed by atoms with van der Waals surface area (Å²) in [6.45, 7) is 5.88. The van der Waals surface area contributed by atoms with Gasteiger partial charge in [-0.3, -0.25) is 0 Å². The molecular formula is C13H19N5. The molecule has 0 aromatic carbocycles. The predicted octanol–water partition coefficient (Wildman–Crippen LogP) is 1.56. The smallest absolute Gasteiger partial charge is 0.155 e. The van der Waals surface area contributed by atoms with Crippen LogP contribution in [0.25, 0.3) is 5.82 Å². The largest absolute Gasteiger partial charge is 0.327 e. The van der Waals surface area contributed by atoms with Crippen LogP contribution in [0.3, 0.4) is 0 Å². The summed E-state index contributed by atoms with van der Waals surface area (Å²) in [6.07, 6.45) is 3.70. The quantitative estimate of drug-likeness (QED) is 0.887. The SMILES string of the molecule is CCC(N)Cc1ccc(-n2nc(C)nc2C)nc1. The lowest BCUT2D eigenvalue weighted by molar-refractivity contribution is 0.644. The Morgan fingerprint density at radius 3 is 2.61 bits per heavy atom. The molecule has 96 valence electrons. The molecule has 0 saturated heterocycles. The number of aryl methyl sites for hydroxylation is 2. The van der Waals surface area contributed by atoms with Crippen molar-refractivity contribution >= 4 is 0 Å². The van der Waals surface area contributed by atoms with Gasteiger partial charge in [-0.25, -0.2) is 9.97 Å². The van der Waals surface area contributed by atoms with E-state index >= 15 is 0 Å². The van der Waals surface area contributed by atoms with Crippen LogP contribution in [0.2, 0.25) is 0 Å². The molecule has 2 heterocycles. The maximum absolute atomic E-state index is 5.93. The third kappa shape index (κ3) is 2.73. The molecule has 0 radical (unpaired) electrons. The first kappa shape index (κ1) is 12.7. The summed E-state index contributed by atoms with van der Waals surface area (Å²) in [5.41, 5.74) is 7.08. The van der Waals surface area contributed by atoms with Gasteiger partial charge in [0.25, 0.3) is 0 Å². The predicted molar refractivity (Wildman–Crippen MR) is 70.6 cm³/mol. The van der Waals surface area contributed by atoms with E-state index in [0.29, 0.717) is 0 Å². The van der Waals surface area contributed by atoms with Crippen molar-refractivity contribution in [2.24, 2.45) is 5.73 Å². The highest BCUT2D eigenvalue weighted by atomic mass is 15.4. The van der Waals surface area contributed by atoms with Gasteiger partial charge >= 0.3 is 0 Å². The van der Waals surface area contributed by atoms with Crippen LogP contribution >= 0.6 is 0 Å². The van der Waals surface area contributed by atoms with Gasteiger partial charge in [0.2, 0.25) is 0 Å². The monoisotopic (exact) mass is 245 g/mol. The van der Waals surface area contributed by atoms with Crippen molar-refractivity contribution in [2.75, 3.05) is 0 Å². The molecule has 0 spiro atoms. The molecule has 0 aliphatic heterocycles. The van der Waals surface area contributed by atoms with Crippen molar-refractivity contribution in [2.45, 2.75) is 39.7 Å². The normalized spacial score (nSPS) is 12.7. The van der Waals surface area contributed by atoms with E-state index in [2.05, 4.69) is 22.0 Å². The van der Waals surface area contributed by atoms with Crippen molar-refractivity contribution in [1.82, 2.24) is 19.7 Å². The highest BCUT2D eigenvalue weighted by Gasteiger charge is 2.07. The molecule has 2 rings (SSSR count). The van der Waals surface area contributed by atoms with E-state index in [4.69, 9.17) is 5.73 Å². The Hall–Kier alpha value is -1.75. The highest BCUT2D eigenvalue weighted by Crippen LogP contribution is 2.09. The van der Waals surface area contributed by atoms with Crippen LogP contribution in [-0.2, 0) is 6.42 Å². The summed E-state index contributed by atoms with van der Waals surface area (Å²) in [5.74, 6) is 2.39. The molecule has 2 N–H and O–H groups in total. The van der Waals surface area contributed by atoms with E-state index in [0.717, 1.165) is 35.9 Å². The van der Waals surface area contributed by atoms with Crippen molar-refractivity contribution in [3.63, 3.8) is 0 Å².